The highest BCUT2D eigenvalue weighted by molar-refractivity contribution is 6.00. The first-order valence-corrected chi connectivity index (χ1v) is 12.1. The minimum atomic E-state index is -0.647. The maximum absolute atomic E-state index is 13.0. The number of aryl methyl sites for hydroxylation is 1. The van der Waals surface area contributed by atoms with Crippen LogP contribution < -0.4 is 21.2 Å². The van der Waals surface area contributed by atoms with Crippen LogP contribution in [0.4, 0.5) is 5.69 Å². The van der Waals surface area contributed by atoms with Gasteiger partial charge >= 0.3 is 5.69 Å². The lowest BCUT2D eigenvalue weighted by atomic mass is 10.0. The van der Waals surface area contributed by atoms with E-state index in [1.807, 2.05) is 6.07 Å². The number of piperidine rings is 2. The van der Waals surface area contributed by atoms with Crippen molar-refractivity contribution < 1.29 is 9.59 Å². The van der Waals surface area contributed by atoms with Crippen molar-refractivity contribution in [3.05, 3.63) is 28.7 Å². The SMILES string of the molecule is CN(C[C@H]1CCNC1)C1CCN(c2ccc3c(c2)n(C)c(=O)n3C2CCC(=O)NC2=O)CC1. The van der Waals surface area contributed by atoms with Gasteiger partial charge in [0.1, 0.15) is 6.04 Å². The third kappa shape index (κ3) is 4.19. The van der Waals surface area contributed by atoms with Crippen molar-refractivity contribution in [3.63, 3.8) is 0 Å². The van der Waals surface area contributed by atoms with E-state index in [-0.39, 0.29) is 18.0 Å². The maximum Gasteiger partial charge on any atom is 0.329 e. The molecule has 0 bridgehead atoms. The standard InChI is InChI=1S/C24H34N6O3/c1-27(15-16-7-10-25-14-16)17-8-11-29(12-9-17)18-3-4-19-21(13-18)28(2)24(33)30(19)20-5-6-22(31)26-23(20)32/h3-4,13,16-17,20,25H,5-12,14-15H2,1-2H3,(H,26,31,32)/t16-,20?/m0/s1. The number of rotatable bonds is 5. The summed E-state index contributed by atoms with van der Waals surface area (Å²) in [7, 11) is 4.01. The first-order valence-electron chi connectivity index (χ1n) is 12.1. The number of benzene rings is 1. The van der Waals surface area contributed by atoms with E-state index in [2.05, 4.69) is 39.6 Å². The summed E-state index contributed by atoms with van der Waals surface area (Å²) >= 11 is 0. The van der Waals surface area contributed by atoms with Gasteiger partial charge in [-0.25, -0.2) is 4.79 Å². The zero-order valence-electron chi connectivity index (χ0n) is 19.5. The topological polar surface area (TPSA) is 91.6 Å². The number of carbonyl (C=O) groups is 2. The predicted molar refractivity (Wildman–Crippen MR) is 127 cm³/mol. The lowest BCUT2D eigenvalue weighted by Crippen LogP contribution is -2.45. The van der Waals surface area contributed by atoms with Gasteiger partial charge in [-0.1, -0.05) is 0 Å². The second-order valence-electron chi connectivity index (χ2n) is 9.87. The molecule has 1 aromatic carbocycles. The highest BCUT2D eigenvalue weighted by Gasteiger charge is 2.31. The average molecular weight is 455 g/mol. The van der Waals surface area contributed by atoms with Gasteiger partial charge in [-0.05, 0) is 69.9 Å². The van der Waals surface area contributed by atoms with Gasteiger partial charge in [-0.15, -0.1) is 0 Å². The molecule has 4 heterocycles. The van der Waals surface area contributed by atoms with Crippen LogP contribution in [-0.2, 0) is 16.6 Å². The van der Waals surface area contributed by atoms with Gasteiger partial charge in [-0.3, -0.25) is 24.0 Å². The van der Waals surface area contributed by atoms with E-state index in [0.29, 0.717) is 12.5 Å². The van der Waals surface area contributed by atoms with E-state index in [1.165, 1.54) is 13.0 Å². The lowest BCUT2D eigenvalue weighted by molar-refractivity contribution is -0.135. The Labute approximate surface area is 193 Å². The van der Waals surface area contributed by atoms with Crippen LogP contribution >= 0.6 is 0 Å². The molecule has 0 saturated carbocycles. The number of aromatic nitrogens is 2. The molecule has 2 aromatic rings. The van der Waals surface area contributed by atoms with E-state index < -0.39 is 11.9 Å². The second-order valence-corrected chi connectivity index (χ2v) is 9.87. The zero-order chi connectivity index (χ0) is 23.1. The molecule has 9 heteroatoms. The number of fused-ring (bicyclic) bond motifs is 1. The summed E-state index contributed by atoms with van der Waals surface area (Å²) in [5, 5.41) is 5.83. The summed E-state index contributed by atoms with van der Waals surface area (Å²) in [6.07, 6.45) is 4.14. The molecule has 2 atom stereocenters. The third-order valence-electron chi connectivity index (χ3n) is 7.76. The molecule has 3 aliphatic heterocycles. The van der Waals surface area contributed by atoms with Gasteiger partial charge in [-0.2, -0.15) is 0 Å². The number of anilines is 1. The van der Waals surface area contributed by atoms with Crippen molar-refractivity contribution in [1.29, 1.82) is 0 Å². The number of hydrogen-bond donors (Lipinski definition) is 2. The van der Waals surface area contributed by atoms with Crippen molar-refractivity contribution >= 4 is 28.5 Å². The summed E-state index contributed by atoms with van der Waals surface area (Å²) < 4.78 is 3.15. The van der Waals surface area contributed by atoms with E-state index >= 15 is 0 Å². The van der Waals surface area contributed by atoms with Crippen LogP contribution in [0.2, 0.25) is 0 Å². The smallest absolute Gasteiger partial charge is 0.329 e. The van der Waals surface area contributed by atoms with Crippen LogP contribution in [0.1, 0.15) is 38.1 Å². The minimum Gasteiger partial charge on any atom is -0.371 e. The summed E-state index contributed by atoms with van der Waals surface area (Å²) in [6.45, 7) is 5.43. The van der Waals surface area contributed by atoms with Gasteiger partial charge in [0.05, 0.1) is 11.0 Å². The number of carbonyl (C=O) groups excluding carboxylic acids is 2. The Morgan fingerprint density at radius 3 is 2.55 bits per heavy atom. The van der Waals surface area contributed by atoms with E-state index in [1.54, 1.807) is 16.2 Å². The van der Waals surface area contributed by atoms with Crippen molar-refractivity contribution in [3.8, 4) is 0 Å². The fourth-order valence-corrected chi connectivity index (χ4v) is 5.77. The molecule has 3 aliphatic rings. The highest BCUT2D eigenvalue weighted by Crippen LogP contribution is 2.28. The molecule has 0 spiro atoms. The van der Waals surface area contributed by atoms with Crippen LogP contribution in [0, 0.1) is 5.92 Å². The highest BCUT2D eigenvalue weighted by atomic mass is 16.2. The second kappa shape index (κ2) is 8.95. The molecule has 5 rings (SSSR count). The Morgan fingerprint density at radius 1 is 1.06 bits per heavy atom. The summed E-state index contributed by atoms with van der Waals surface area (Å²) in [6, 6.07) is 6.03. The molecule has 9 nitrogen and oxygen atoms in total. The molecule has 3 saturated heterocycles. The molecular formula is C24H34N6O3. The summed E-state index contributed by atoms with van der Waals surface area (Å²) in [5.41, 5.74) is 2.44. The van der Waals surface area contributed by atoms with E-state index in [0.717, 1.165) is 61.7 Å². The quantitative estimate of drug-likeness (QED) is 0.651. The van der Waals surface area contributed by atoms with Crippen LogP contribution in [0.15, 0.2) is 23.0 Å². The molecule has 2 N–H and O–H groups in total. The van der Waals surface area contributed by atoms with Gasteiger partial charge in [0.2, 0.25) is 11.8 Å². The maximum atomic E-state index is 13.0. The van der Waals surface area contributed by atoms with Gasteiger partial charge in [0.25, 0.3) is 0 Å². The fraction of sp³-hybridized carbons (Fsp3) is 0.625. The van der Waals surface area contributed by atoms with Crippen molar-refractivity contribution in [2.75, 3.05) is 44.7 Å². The predicted octanol–water partition coefficient (Wildman–Crippen LogP) is 0.828. The Bertz CT molecular complexity index is 1110. The molecule has 0 radical (unpaired) electrons. The van der Waals surface area contributed by atoms with Gasteiger partial charge in [0.15, 0.2) is 0 Å². The summed E-state index contributed by atoms with van der Waals surface area (Å²) in [4.78, 5) is 41.9. The van der Waals surface area contributed by atoms with Crippen LogP contribution in [-0.4, -0.2) is 71.7 Å². The number of imide groups is 1. The van der Waals surface area contributed by atoms with Crippen LogP contribution in [0.25, 0.3) is 11.0 Å². The molecule has 178 valence electrons. The largest absolute Gasteiger partial charge is 0.371 e. The molecule has 0 aliphatic carbocycles. The van der Waals surface area contributed by atoms with Gasteiger partial charge < -0.3 is 15.1 Å². The third-order valence-corrected chi connectivity index (χ3v) is 7.76. The fourth-order valence-electron chi connectivity index (χ4n) is 5.77. The van der Waals surface area contributed by atoms with Crippen molar-refractivity contribution in [2.24, 2.45) is 13.0 Å². The molecule has 33 heavy (non-hydrogen) atoms. The lowest BCUT2D eigenvalue weighted by Gasteiger charge is -2.38. The van der Waals surface area contributed by atoms with Crippen LogP contribution in [0.3, 0.4) is 0 Å². The summed E-state index contributed by atoms with van der Waals surface area (Å²) in [5.74, 6) is 0.0930. The van der Waals surface area contributed by atoms with Crippen molar-refractivity contribution in [1.82, 2.24) is 24.7 Å². The molecule has 1 unspecified atom stereocenters. The monoisotopic (exact) mass is 454 g/mol. The molecule has 1 aromatic heterocycles. The van der Waals surface area contributed by atoms with Gasteiger partial charge in [0, 0.05) is 44.8 Å². The number of nitrogens with zero attached hydrogens (tertiary/aromatic N) is 4. The normalized spacial score (nSPS) is 24.8. The van der Waals surface area contributed by atoms with Crippen molar-refractivity contribution in [2.45, 2.75) is 44.2 Å². The number of imidazole rings is 1. The number of amides is 2. The number of hydrogen-bond acceptors (Lipinski definition) is 6. The van der Waals surface area contributed by atoms with E-state index in [9.17, 15) is 14.4 Å². The first kappa shape index (κ1) is 22.2. The molecule has 2 amide bonds. The van der Waals surface area contributed by atoms with E-state index in [4.69, 9.17) is 0 Å². The zero-order valence-corrected chi connectivity index (χ0v) is 19.5. The Morgan fingerprint density at radius 2 is 1.85 bits per heavy atom. The minimum absolute atomic E-state index is 0.224. The Hall–Kier alpha value is -2.65. The van der Waals surface area contributed by atoms with Crippen LogP contribution in [0.5, 0.6) is 0 Å². The Kier molecular flexibility index (Phi) is 6.01. The number of nitrogens with one attached hydrogen (secondary N) is 2. The molecular weight excluding hydrogens is 420 g/mol. The first-order chi connectivity index (χ1) is 15.9. The average Bonchev–Trinajstić information content (AvgIpc) is 3.41. The Balaban J connectivity index is 1.31. The molecule has 3 fully saturated rings.